The molecule has 0 atom stereocenters. The van der Waals surface area contributed by atoms with Gasteiger partial charge in [-0.2, -0.15) is 0 Å². The third-order valence-electron chi connectivity index (χ3n) is 5.13. The number of esters is 1. The zero-order valence-electron chi connectivity index (χ0n) is 15.6. The molecule has 0 heterocycles. The molecule has 4 rings (SSSR count). The van der Waals surface area contributed by atoms with Crippen LogP contribution in [-0.4, -0.2) is 17.7 Å². The van der Waals surface area contributed by atoms with Crippen molar-refractivity contribution in [1.29, 1.82) is 0 Å². The van der Waals surface area contributed by atoms with Gasteiger partial charge in [0, 0.05) is 0 Å². The van der Waals surface area contributed by atoms with E-state index in [1.165, 1.54) is 5.56 Å². The SMILES string of the molecule is O=C(OCc1ccccc1)c1ccc2c(c1)C(c1ccccc1)=C(CO)CC2. The number of hydrogen-bond acceptors (Lipinski definition) is 3. The highest BCUT2D eigenvalue weighted by atomic mass is 16.5. The van der Waals surface area contributed by atoms with Gasteiger partial charge in [-0.25, -0.2) is 4.79 Å². The maximum Gasteiger partial charge on any atom is 0.338 e. The Balaban J connectivity index is 1.65. The lowest BCUT2D eigenvalue weighted by molar-refractivity contribution is 0.0472. The van der Waals surface area contributed by atoms with Crippen molar-refractivity contribution in [3.63, 3.8) is 0 Å². The highest BCUT2D eigenvalue weighted by molar-refractivity contribution is 5.93. The summed E-state index contributed by atoms with van der Waals surface area (Å²) in [5, 5.41) is 9.89. The molecule has 140 valence electrons. The van der Waals surface area contributed by atoms with Gasteiger partial charge in [-0.1, -0.05) is 66.7 Å². The lowest BCUT2D eigenvalue weighted by Crippen LogP contribution is -2.11. The highest BCUT2D eigenvalue weighted by Crippen LogP contribution is 2.36. The number of aliphatic hydroxyl groups is 1. The molecule has 1 aliphatic rings. The van der Waals surface area contributed by atoms with Crippen LogP contribution < -0.4 is 0 Å². The fourth-order valence-electron chi connectivity index (χ4n) is 3.68. The van der Waals surface area contributed by atoms with Gasteiger partial charge in [0.1, 0.15) is 6.61 Å². The third-order valence-corrected chi connectivity index (χ3v) is 5.13. The first-order valence-electron chi connectivity index (χ1n) is 9.49. The second-order valence-corrected chi connectivity index (χ2v) is 6.94. The Morgan fingerprint density at radius 2 is 1.61 bits per heavy atom. The van der Waals surface area contributed by atoms with Crippen molar-refractivity contribution in [3.05, 3.63) is 112 Å². The number of carbonyl (C=O) groups is 1. The van der Waals surface area contributed by atoms with Crippen LogP contribution in [0.4, 0.5) is 0 Å². The maximum atomic E-state index is 12.6. The van der Waals surface area contributed by atoms with Gasteiger partial charge in [0.2, 0.25) is 0 Å². The molecule has 0 aliphatic heterocycles. The molecule has 0 saturated heterocycles. The molecule has 0 aromatic heterocycles. The predicted molar refractivity (Wildman–Crippen MR) is 110 cm³/mol. The summed E-state index contributed by atoms with van der Waals surface area (Å²) >= 11 is 0. The van der Waals surface area contributed by atoms with Crippen LogP contribution in [0, 0.1) is 0 Å². The minimum absolute atomic E-state index is 0.0202. The van der Waals surface area contributed by atoms with Crippen molar-refractivity contribution in [1.82, 2.24) is 0 Å². The molecule has 1 N–H and O–H groups in total. The standard InChI is InChI=1S/C25H22O3/c26-16-22-14-12-19-11-13-21(25(27)28-17-18-7-3-1-4-8-18)15-23(19)24(22)20-9-5-2-6-10-20/h1-11,13,15,26H,12,14,16-17H2. The Labute approximate surface area is 164 Å². The van der Waals surface area contributed by atoms with Crippen LogP contribution in [0.5, 0.6) is 0 Å². The van der Waals surface area contributed by atoms with E-state index in [-0.39, 0.29) is 19.2 Å². The zero-order valence-corrected chi connectivity index (χ0v) is 15.6. The Bertz CT molecular complexity index is 1000. The molecule has 0 amide bonds. The van der Waals surface area contributed by atoms with Gasteiger partial charge < -0.3 is 9.84 Å². The summed E-state index contributed by atoms with van der Waals surface area (Å²) in [6, 6.07) is 25.4. The molecular weight excluding hydrogens is 348 g/mol. The number of ether oxygens (including phenoxy) is 1. The van der Waals surface area contributed by atoms with Crippen LogP contribution in [0.2, 0.25) is 0 Å². The van der Waals surface area contributed by atoms with Crippen LogP contribution in [0.25, 0.3) is 5.57 Å². The number of hydrogen-bond donors (Lipinski definition) is 1. The molecule has 0 unspecified atom stereocenters. The Morgan fingerprint density at radius 3 is 2.32 bits per heavy atom. The van der Waals surface area contributed by atoms with Crippen LogP contribution in [0.15, 0.2) is 84.4 Å². The third kappa shape index (κ3) is 3.75. The Morgan fingerprint density at radius 1 is 0.893 bits per heavy atom. The summed E-state index contributed by atoms with van der Waals surface area (Å²) in [6.07, 6.45) is 1.69. The van der Waals surface area contributed by atoms with E-state index in [2.05, 4.69) is 0 Å². The fourth-order valence-corrected chi connectivity index (χ4v) is 3.68. The summed E-state index contributed by atoms with van der Waals surface area (Å²) in [6.45, 7) is 0.270. The number of rotatable bonds is 5. The Hall–Kier alpha value is -3.17. The molecule has 0 radical (unpaired) electrons. The molecule has 0 fully saturated rings. The number of fused-ring (bicyclic) bond motifs is 1. The van der Waals surface area contributed by atoms with Crippen molar-refractivity contribution in [3.8, 4) is 0 Å². The highest BCUT2D eigenvalue weighted by Gasteiger charge is 2.21. The molecular formula is C25H22O3. The molecule has 28 heavy (non-hydrogen) atoms. The Kier molecular flexibility index (Phi) is 5.36. The van der Waals surface area contributed by atoms with Crippen LogP contribution in [-0.2, 0) is 17.8 Å². The van der Waals surface area contributed by atoms with E-state index < -0.39 is 0 Å². The molecule has 3 nitrogen and oxygen atoms in total. The summed E-state index contributed by atoms with van der Waals surface area (Å²) in [4.78, 5) is 12.6. The average molecular weight is 370 g/mol. The lowest BCUT2D eigenvalue weighted by Gasteiger charge is -2.23. The summed E-state index contributed by atoms with van der Waals surface area (Å²) in [5.74, 6) is -0.338. The van der Waals surface area contributed by atoms with Crippen LogP contribution in [0.3, 0.4) is 0 Å². The van der Waals surface area contributed by atoms with E-state index in [0.717, 1.165) is 40.7 Å². The van der Waals surface area contributed by atoms with Gasteiger partial charge in [0.15, 0.2) is 0 Å². The topological polar surface area (TPSA) is 46.5 Å². The minimum Gasteiger partial charge on any atom is -0.457 e. The van der Waals surface area contributed by atoms with E-state index in [9.17, 15) is 9.90 Å². The van der Waals surface area contributed by atoms with Crippen LogP contribution in [0.1, 0.15) is 39.0 Å². The molecule has 0 bridgehead atoms. The average Bonchev–Trinajstić information content (AvgIpc) is 2.77. The first kappa shape index (κ1) is 18.2. The number of aryl methyl sites for hydroxylation is 1. The van der Waals surface area contributed by atoms with Gasteiger partial charge in [0.05, 0.1) is 12.2 Å². The first-order chi connectivity index (χ1) is 13.8. The molecule has 3 aromatic carbocycles. The van der Waals surface area contributed by atoms with Gasteiger partial charge in [-0.3, -0.25) is 0 Å². The monoisotopic (exact) mass is 370 g/mol. The largest absolute Gasteiger partial charge is 0.457 e. The van der Waals surface area contributed by atoms with Gasteiger partial charge >= 0.3 is 5.97 Å². The summed E-state index contributed by atoms with van der Waals surface area (Å²) < 4.78 is 5.49. The number of aliphatic hydroxyl groups excluding tert-OH is 1. The van der Waals surface area contributed by atoms with Gasteiger partial charge in [-0.15, -0.1) is 0 Å². The van der Waals surface area contributed by atoms with Crippen LogP contribution >= 0.6 is 0 Å². The molecule has 3 aromatic rings. The van der Waals surface area contributed by atoms with Gasteiger partial charge in [-0.05, 0) is 58.4 Å². The quantitative estimate of drug-likeness (QED) is 0.657. The van der Waals surface area contributed by atoms with E-state index >= 15 is 0 Å². The first-order valence-corrected chi connectivity index (χ1v) is 9.49. The summed E-state index contributed by atoms with van der Waals surface area (Å²) in [7, 11) is 0. The number of carbonyl (C=O) groups excluding carboxylic acids is 1. The molecule has 0 spiro atoms. The fraction of sp³-hybridized carbons (Fsp3) is 0.160. The second-order valence-electron chi connectivity index (χ2n) is 6.94. The predicted octanol–water partition coefficient (Wildman–Crippen LogP) is 4.78. The van der Waals surface area contributed by atoms with Crippen molar-refractivity contribution < 1.29 is 14.6 Å². The van der Waals surface area contributed by atoms with E-state index in [0.29, 0.717) is 5.56 Å². The smallest absolute Gasteiger partial charge is 0.338 e. The van der Waals surface area contributed by atoms with E-state index in [4.69, 9.17) is 4.74 Å². The lowest BCUT2D eigenvalue weighted by atomic mass is 9.81. The van der Waals surface area contributed by atoms with E-state index in [1.807, 2.05) is 78.9 Å². The second kappa shape index (κ2) is 8.24. The number of benzene rings is 3. The minimum atomic E-state index is -0.338. The summed E-state index contributed by atoms with van der Waals surface area (Å²) in [5.41, 5.74) is 6.78. The van der Waals surface area contributed by atoms with Crippen molar-refractivity contribution >= 4 is 11.5 Å². The molecule has 3 heteroatoms. The normalized spacial score (nSPS) is 13.2. The van der Waals surface area contributed by atoms with Crippen molar-refractivity contribution in [2.75, 3.05) is 6.61 Å². The van der Waals surface area contributed by atoms with Gasteiger partial charge in [0.25, 0.3) is 0 Å². The van der Waals surface area contributed by atoms with Crippen molar-refractivity contribution in [2.45, 2.75) is 19.4 Å². The van der Waals surface area contributed by atoms with Crippen molar-refractivity contribution in [2.24, 2.45) is 0 Å². The molecule has 1 aliphatic carbocycles. The molecule has 0 saturated carbocycles. The van der Waals surface area contributed by atoms with E-state index in [1.54, 1.807) is 0 Å². The maximum absolute atomic E-state index is 12.6. The zero-order chi connectivity index (χ0) is 19.3.